The van der Waals surface area contributed by atoms with E-state index in [0.717, 1.165) is 13.1 Å². The summed E-state index contributed by atoms with van der Waals surface area (Å²) in [5.74, 6) is 0. The maximum Gasteiger partial charge on any atom is 0.0635 e. The van der Waals surface area contributed by atoms with E-state index in [1.807, 2.05) is 12.1 Å². The molecule has 0 atom stereocenters. The van der Waals surface area contributed by atoms with Crippen LogP contribution in [0.3, 0.4) is 0 Å². The van der Waals surface area contributed by atoms with E-state index >= 15 is 0 Å². The average Bonchev–Trinajstić information content (AvgIpc) is 2.15. The van der Waals surface area contributed by atoms with Crippen molar-refractivity contribution in [3.8, 4) is 6.07 Å². The Kier molecular flexibility index (Phi) is 4.01. The summed E-state index contributed by atoms with van der Waals surface area (Å²) in [5.41, 5.74) is 2.60. The lowest BCUT2D eigenvalue weighted by Gasteiger charge is -2.05. The molecule has 0 fully saturated rings. The summed E-state index contributed by atoms with van der Waals surface area (Å²) in [6.45, 7) is 3.72. The number of hydrogen-bond donors (Lipinski definition) is 1. The molecule has 1 N–H and O–H groups in total. The zero-order valence-corrected chi connectivity index (χ0v) is 7.88. The number of rotatable bonds is 4. The van der Waals surface area contributed by atoms with Gasteiger partial charge in [0, 0.05) is 19.5 Å². The van der Waals surface area contributed by atoms with Gasteiger partial charge < -0.3 is 5.32 Å². The molecule has 0 radical (unpaired) electrons. The summed E-state index contributed by atoms with van der Waals surface area (Å²) in [7, 11) is 0. The van der Waals surface area contributed by atoms with Crippen LogP contribution in [-0.4, -0.2) is 6.54 Å². The topological polar surface area (TPSA) is 35.8 Å². The second-order valence-corrected chi connectivity index (χ2v) is 3.01. The van der Waals surface area contributed by atoms with Crippen molar-refractivity contribution in [3.63, 3.8) is 0 Å². The van der Waals surface area contributed by atoms with E-state index in [1.54, 1.807) is 0 Å². The Morgan fingerprint density at radius 1 is 1.38 bits per heavy atom. The quantitative estimate of drug-likeness (QED) is 0.709. The molecule has 0 heterocycles. The lowest BCUT2D eigenvalue weighted by atomic mass is 10.1. The molecule has 0 aliphatic rings. The molecular formula is C11H14N2. The van der Waals surface area contributed by atoms with Gasteiger partial charge in [0.05, 0.1) is 6.07 Å². The van der Waals surface area contributed by atoms with Crippen molar-refractivity contribution in [2.75, 3.05) is 6.54 Å². The maximum atomic E-state index is 8.33. The lowest BCUT2D eigenvalue weighted by Crippen LogP contribution is -2.14. The number of benzene rings is 1. The Bertz CT molecular complexity index is 299. The first-order valence-electron chi connectivity index (χ1n) is 4.47. The van der Waals surface area contributed by atoms with Gasteiger partial charge in [0.25, 0.3) is 0 Å². The third-order valence-corrected chi connectivity index (χ3v) is 1.99. The zero-order valence-electron chi connectivity index (χ0n) is 7.88. The molecule has 2 heteroatoms. The van der Waals surface area contributed by atoms with Crippen LogP contribution in [0.25, 0.3) is 0 Å². The second-order valence-electron chi connectivity index (χ2n) is 3.01. The molecule has 2 nitrogen and oxygen atoms in total. The van der Waals surface area contributed by atoms with E-state index < -0.39 is 0 Å². The van der Waals surface area contributed by atoms with E-state index in [-0.39, 0.29) is 0 Å². The molecule has 0 amide bonds. The lowest BCUT2D eigenvalue weighted by molar-refractivity contribution is 0.696. The van der Waals surface area contributed by atoms with Crippen molar-refractivity contribution in [3.05, 3.63) is 35.4 Å². The predicted octanol–water partition coefficient (Wildman–Crippen LogP) is 2.00. The van der Waals surface area contributed by atoms with Gasteiger partial charge in [0.1, 0.15) is 0 Å². The van der Waals surface area contributed by atoms with Crippen molar-refractivity contribution < 1.29 is 0 Å². The van der Waals surface area contributed by atoms with E-state index in [0.29, 0.717) is 6.42 Å². The van der Waals surface area contributed by atoms with Gasteiger partial charge in [-0.3, -0.25) is 0 Å². The third-order valence-electron chi connectivity index (χ3n) is 1.99. The van der Waals surface area contributed by atoms with E-state index in [2.05, 4.69) is 30.4 Å². The normalized spacial score (nSPS) is 9.54. The SMILES string of the molecule is Cc1ccccc1CNCCC#N. The first-order valence-corrected chi connectivity index (χ1v) is 4.47. The predicted molar refractivity (Wildman–Crippen MR) is 53.1 cm³/mol. The number of aryl methyl sites for hydroxylation is 1. The van der Waals surface area contributed by atoms with E-state index in [9.17, 15) is 0 Å². The summed E-state index contributed by atoms with van der Waals surface area (Å²) in [6, 6.07) is 10.4. The molecular weight excluding hydrogens is 160 g/mol. The molecule has 0 aliphatic carbocycles. The second kappa shape index (κ2) is 5.34. The Morgan fingerprint density at radius 3 is 2.85 bits per heavy atom. The summed E-state index contributed by atoms with van der Waals surface area (Å²) in [4.78, 5) is 0. The summed E-state index contributed by atoms with van der Waals surface area (Å²) >= 11 is 0. The van der Waals surface area contributed by atoms with Crippen LogP contribution < -0.4 is 5.32 Å². The highest BCUT2D eigenvalue weighted by molar-refractivity contribution is 5.25. The van der Waals surface area contributed by atoms with Gasteiger partial charge in [0.2, 0.25) is 0 Å². The first kappa shape index (κ1) is 9.76. The summed E-state index contributed by atoms with van der Waals surface area (Å²) in [5, 5.41) is 11.5. The van der Waals surface area contributed by atoms with Gasteiger partial charge in [-0.2, -0.15) is 5.26 Å². The molecule has 0 spiro atoms. The molecule has 1 aromatic carbocycles. The zero-order chi connectivity index (χ0) is 9.52. The van der Waals surface area contributed by atoms with Crippen LogP contribution in [0.2, 0.25) is 0 Å². The Labute approximate surface area is 79.2 Å². The van der Waals surface area contributed by atoms with Crippen LogP contribution in [0, 0.1) is 18.3 Å². The Morgan fingerprint density at radius 2 is 2.15 bits per heavy atom. The minimum atomic E-state index is 0.575. The van der Waals surface area contributed by atoms with Crippen LogP contribution in [-0.2, 0) is 6.54 Å². The van der Waals surface area contributed by atoms with Crippen molar-refractivity contribution in [2.24, 2.45) is 0 Å². The smallest absolute Gasteiger partial charge is 0.0635 e. The maximum absolute atomic E-state index is 8.33. The molecule has 1 aromatic rings. The highest BCUT2D eigenvalue weighted by Gasteiger charge is 1.94. The van der Waals surface area contributed by atoms with Crippen molar-refractivity contribution >= 4 is 0 Å². The first-order chi connectivity index (χ1) is 6.34. The fourth-order valence-corrected chi connectivity index (χ4v) is 1.18. The monoisotopic (exact) mass is 174 g/mol. The molecule has 0 saturated carbocycles. The molecule has 0 unspecified atom stereocenters. The minimum Gasteiger partial charge on any atom is -0.312 e. The summed E-state index contributed by atoms with van der Waals surface area (Å²) < 4.78 is 0. The molecule has 1 rings (SSSR count). The molecule has 0 saturated heterocycles. The fraction of sp³-hybridized carbons (Fsp3) is 0.364. The fourth-order valence-electron chi connectivity index (χ4n) is 1.18. The van der Waals surface area contributed by atoms with Crippen LogP contribution in [0.5, 0.6) is 0 Å². The van der Waals surface area contributed by atoms with Crippen LogP contribution in [0.4, 0.5) is 0 Å². The van der Waals surface area contributed by atoms with Gasteiger partial charge >= 0.3 is 0 Å². The Hall–Kier alpha value is -1.33. The van der Waals surface area contributed by atoms with Crippen LogP contribution in [0.1, 0.15) is 17.5 Å². The van der Waals surface area contributed by atoms with E-state index in [1.165, 1.54) is 11.1 Å². The highest BCUT2D eigenvalue weighted by atomic mass is 14.8. The molecule has 68 valence electrons. The van der Waals surface area contributed by atoms with Crippen LogP contribution >= 0.6 is 0 Å². The van der Waals surface area contributed by atoms with Crippen molar-refractivity contribution in [1.82, 2.24) is 5.32 Å². The number of nitrogens with zero attached hydrogens (tertiary/aromatic N) is 1. The van der Waals surface area contributed by atoms with Crippen molar-refractivity contribution in [2.45, 2.75) is 19.9 Å². The Balaban J connectivity index is 2.37. The van der Waals surface area contributed by atoms with Gasteiger partial charge in [-0.15, -0.1) is 0 Å². The van der Waals surface area contributed by atoms with Crippen molar-refractivity contribution in [1.29, 1.82) is 5.26 Å². The highest BCUT2D eigenvalue weighted by Crippen LogP contribution is 2.05. The molecule has 13 heavy (non-hydrogen) atoms. The minimum absolute atomic E-state index is 0.575. The molecule has 0 aromatic heterocycles. The summed E-state index contributed by atoms with van der Waals surface area (Å²) in [6.07, 6.45) is 0.575. The largest absolute Gasteiger partial charge is 0.312 e. The van der Waals surface area contributed by atoms with Gasteiger partial charge in [-0.25, -0.2) is 0 Å². The third kappa shape index (κ3) is 3.27. The standard InChI is InChI=1S/C11H14N2/c1-10-5-2-3-6-11(10)9-13-8-4-7-12/h2-3,5-6,13H,4,8-9H2,1H3. The number of nitrogens with one attached hydrogen (secondary N) is 1. The van der Waals surface area contributed by atoms with Crippen LogP contribution in [0.15, 0.2) is 24.3 Å². The van der Waals surface area contributed by atoms with Gasteiger partial charge in [-0.1, -0.05) is 24.3 Å². The average molecular weight is 174 g/mol. The van der Waals surface area contributed by atoms with Gasteiger partial charge in [0.15, 0.2) is 0 Å². The number of nitriles is 1. The van der Waals surface area contributed by atoms with Gasteiger partial charge in [-0.05, 0) is 18.1 Å². The molecule has 0 aliphatic heterocycles. The number of hydrogen-bond acceptors (Lipinski definition) is 2. The molecule has 0 bridgehead atoms. The van der Waals surface area contributed by atoms with E-state index in [4.69, 9.17) is 5.26 Å².